The molecule has 4 rings (SSSR count). The number of aromatic amines is 1. The van der Waals surface area contributed by atoms with E-state index < -0.39 is 0 Å². The van der Waals surface area contributed by atoms with Crippen LogP contribution in [0.1, 0.15) is 32.4 Å². The Labute approximate surface area is 146 Å². The molecule has 7 heteroatoms. The van der Waals surface area contributed by atoms with Gasteiger partial charge in [0, 0.05) is 12.2 Å². The van der Waals surface area contributed by atoms with Gasteiger partial charge in [0.1, 0.15) is 11.5 Å². The number of aromatic nitrogens is 3. The van der Waals surface area contributed by atoms with E-state index >= 15 is 0 Å². The Balaban J connectivity index is 1.73. The van der Waals surface area contributed by atoms with Gasteiger partial charge < -0.3 is 15.0 Å². The average molecular weight is 339 g/mol. The zero-order valence-electron chi connectivity index (χ0n) is 14.4. The molecular weight excluding hydrogens is 318 g/mol. The zero-order chi connectivity index (χ0) is 17.6. The Kier molecular flexibility index (Phi) is 3.71. The quantitative estimate of drug-likeness (QED) is 0.876. The largest absolute Gasteiger partial charge is 0.477 e. The molecule has 3 heterocycles. The van der Waals surface area contributed by atoms with Crippen LogP contribution in [-0.4, -0.2) is 33.6 Å². The van der Waals surface area contributed by atoms with E-state index in [1.807, 2.05) is 26.0 Å². The van der Waals surface area contributed by atoms with E-state index in [4.69, 9.17) is 4.74 Å². The Morgan fingerprint density at radius 3 is 2.96 bits per heavy atom. The summed E-state index contributed by atoms with van der Waals surface area (Å²) in [6, 6.07) is 3.51. The summed E-state index contributed by atoms with van der Waals surface area (Å²) in [5.74, 6) is 2.39. The van der Waals surface area contributed by atoms with Crippen LogP contribution in [0, 0.1) is 5.92 Å². The van der Waals surface area contributed by atoms with Gasteiger partial charge in [0.25, 0.3) is 0 Å². The standard InChI is InChI=1S/C18H21N5O2/c1-10(2)23-16-14(11(3)20-18(23)24)21-15(22-16)13-5-4-8-19-17(13)25-9-12-6-7-12/h4-5,8,10,12H,3,6-7,9H2,1-2H3,(H,20,24)(H,21,22). The van der Waals surface area contributed by atoms with Crippen molar-refractivity contribution in [3.05, 3.63) is 30.6 Å². The average Bonchev–Trinajstić information content (AvgIpc) is 3.30. The maximum absolute atomic E-state index is 12.3. The highest BCUT2D eigenvalue weighted by Gasteiger charge is 2.32. The fourth-order valence-electron chi connectivity index (χ4n) is 2.87. The van der Waals surface area contributed by atoms with Crippen LogP contribution in [0.5, 0.6) is 5.88 Å². The molecule has 0 atom stereocenters. The van der Waals surface area contributed by atoms with E-state index in [1.54, 1.807) is 11.1 Å². The second-order valence-corrected chi connectivity index (χ2v) is 6.77. The summed E-state index contributed by atoms with van der Waals surface area (Å²) in [6.45, 7) is 8.49. The van der Waals surface area contributed by atoms with Gasteiger partial charge >= 0.3 is 6.03 Å². The fraction of sp³-hybridized carbons (Fsp3) is 0.389. The van der Waals surface area contributed by atoms with Crippen LogP contribution in [0.4, 0.5) is 10.6 Å². The first-order valence-corrected chi connectivity index (χ1v) is 8.52. The molecule has 2 amide bonds. The van der Waals surface area contributed by atoms with Crippen molar-refractivity contribution in [2.45, 2.75) is 32.7 Å². The molecule has 2 aromatic heterocycles. The number of rotatable bonds is 5. The normalized spacial score (nSPS) is 16.8. The van der Waals surface area contributed by atoms with Crippen LogP contribution in [-0.2, 0) is 0 Å². The number of amides is 2. The predicted octanol–water partition coefficient (Wildman–Crippen LogP) is 3.17. The summed E-state index contributed by atoms with van der Waals surface area (Å²) in [4.78, 5) is 26.2. The summed E-state index contributed by atoms with van der Waals surface area (Å²) in [5.41, 5.74) is 2.00. The molecule has 1 saturated carbocycles. The van der Waals surface area contributed by atoms with Gasteiger partial charge in [-0.05, 0) is 44.7 Å². The highest BCUT2D eigenvalue weighted by atomic mass is 16.5. The van der Waals surface area contributed by atoms with Crippen molar-refractivity contribution in [3.63, 3.8) is 0 Å². The first kappa shape index (κ1) is 15.7. The lowest BCUT2D eigenvalue weighted by Crippen LogP contribution is -2.47. The molecule has 2 N–H and O–H groups in total. The van der Waals surface area contributed by atoms with Gasteiger partial charge in [-0.15, -0.1) is 0 Å². The molecule has 1 fully saturated rings. The van der Waals surface area contributed by atoms with E-state index in [9.17, 15) is 4.79 Å². The van der Waals surface area contributed by atoms with Gasteiger partial charge in [-0.2, -0.15) is 0 Å². The zero-order valence-corrected chi connectivity index (χ0v) is 14.4. The van der Waals surface area contributed by atoms with Gasteiger partial charge in [0.2, 0.25) is 5.88 Å². The minimum absolute atomic E-state index is 0.0255. The number of hydrogen-bond donors (Lipinski definition) is 2. The number of imidazole rings is 1. The lowest BCUT2D eigenvalue weighted by molar-refractivity contribution is 0.247. The molecular formula is C18H21N5O2. The molecule has 0 radical (unpaired) electrons. The molecule has 1 aliphatic carbocycles. The van der Waals surface area contributed by atoms with E-state index in [2.05, 4.69) is 26.8 Å². The molecule has 2 aromatic rings. The second-order valence-electron chi connectivity index (χ2n) is 6.77. The van der Waals surface area contributed by atoms with Crippen molar-refractivity contribution in [2.75, 3.05) is 11.5 Å². The molecule has 0 unspecified atom stereocenters. The van der Waals surface area contributed by atoms with Crippen LogP contribution in [0.3, 0.4) is 0 Å². The third kappa shape index (κ3) is 2.86. The highest BCUT2D eigenvalue weighted by Crippen LogP contribution is 2.35. The van der Waals surface area contributed by atoms with Gasteiger partial charge in [0.05, 0.1) is 17.9 Å². The van der Waals surface area contributed by atoms with Crippen molar-refractivity contribution in [2.24, 2.45) is 5.92 Å². The van der Waals surface area contributed by atoms with Gasteiger partial charge in [-0.25, -0.2) is 14.8 Å². The number of hydrogen-bond acceptors (Lipinski definition) is 4. The molecule has 0 bridgehead atoms. The Morgan fingerprint density at radius 1 is 1.44 bits per heavy atom. The topological polar surface area (TPSA) is 83.1 Å². The van der Waals surface area contributed by atoms with Gasteiger partial charge in [0.15, 0.2) is 5.82 Å². The van der Waals surface area contributed by atoms with E-state index in [-0.39, 0.29) is 12.1 Å². The number of ether oxygens (including phenoxy) is 1. The Morgan fingerprint density at radius 2 is 2.24 bits per heavy atom. The smallest absolute Gasteiger partial charge is 0.327 e. The lowest BCUT2D eigenvalue weighted by Gasteiger charge is -2.30. The second kappa shape index (κ2) is 5.91. The van der Waals surface area contributed by atoms with Crippen LogP contribution in [0.25, 0.3) is 17.1 Å². The molecule has 130 valence electrons. The number of nitrogens with zero attached hydrogens (tertiary/aromatic N) is 3. The third-order valence-electron chi connectivity index (χ3n) is 4.39. The van der Waals surface area contributed by atoms with E-state index in [1.165, 1.54) is 12.8 Å². The summed E-state index contributed by atoms with van der Waals surface area (Å²) in [5, 5.41) is 2.77. The first-order chi connectivity index (χ1) is 12.0. The number of pyridine rings is 1. The van der Waals surface area contributed by atoms with Crippen molar-refractivity contribution >= 4 is 17.5 Å². The number of nitrogens with one attached hydrogen (secondary N) is 2. The van der Waals surface area contributed by atoms with Crippen molar-refractivity contribution in [1.29, 1.82) is 0 Å². The molecule has 25 heavy (non-hydrogen) atoms. The third-order valence-corrected chi connectivity index (χ3v) is 4.39. The van der Waals surface area contributed by atoms with Crippen LogP contribution >= 0.6 is 0 Å². The molecule has 0 aromatic carbocycles. The van der Waals surface area contributed by atoms with E-state index in [0.29, 0.717) is 41.4 Å². The number of carbonyl (C=O) groups is 1. The summed E-state index contributed by atoms with van der Waals surface area (Å²) in [6.07, 6.45) is 4.14. The molecule has 7 nitrogen and oxygen atoms in total. The monoisotopic (exact) mass is 339 g/mol. The number of carbonyl (C=O) groups excluding carboxylic acids is 1. The number of H-pyrrole nitrogens is 1. The van der Waals surface area contributed by atoms with Crippen LogP contribution in [0.2, 0.25) is 0 Å². The highest BCUT2D eigenvalue weighted by molar-refractivity contribution is 6.03. The minimum Gasteiger partial charge on any atom is -0.477 e. The van der Waals surface area contributed by atoms with E-state index in [0.717, 1.165) is 5.56 Å². The molecule has 0 saturated heterocycles. The van der Waals surface area contributed by atoms with Crippen molar-refractivity contribution in [1.82, 2.24) is 20.3 Å². The van der Waals surface area contributed by atoms with Gasteiger partial charge in [-0.1, -0.05) is 6.58 Å². The SMILES string of the molecule is C=C1NC(=O)N(C(C)C)c2nc(-c3cccnc3OCC3CC3)[nH]c21. The number of fused-ring (bicyclic) bond motifs is 1. The first-order valence-electron chi connectivity index (χ1n) is 8.52. The fourth-order valence-corrected chi connectivity index (χ4v) is 2.87. The number of urea groups is 1. The maximum Gasteiger partial charge on any atom is 0.327 e. The predicted molar refractivity (Wildman–Crippen MR) is 95.2 cm³/mol. The van der Waals surface area contributed by atoms with Gasteiger partial charge in [-0.3, -0.25) is 4.90 Å². The van der Waals surface area contributed by atoms with Crippen LogP contribution in [0.15, 0.2) is 24.9 Å². The summed E-state index contributed by atoms with van der Waals surface area (Å²) < 4.78 is 5.88. The Hall–Kier alpha value is -2.83. The minimum atomic E-state index is -0.220. The Bertz CT molecular complexity index is 838. The molecule has 0 spiro atoms. The molecule has 2 aliphatic rings. The van der Waals surface area contributed by atoms with Crippen molar-refractivity contribution in [3.8, 4) is 17.3 Å². The number of anilines is 1. The summed E-state index contributed by atoms with van der Waals surface area (Å²) >= 11 is 0. The van der Waals surface area contributed by atoms with Crippen molar-refractivity contribution < 1.29 is 9.53 Å². The maximum atomic E-state index is 12.3. The molecule has 1 aliphatic heterocycles. The lowest BCUT2D eigenvalue weighted by atomic mass is 10.2. The van der Waals surface area contributed by atoms with Crippen LogP contribution < -0.4 is 15.0 Å². The summed E-state index contributed by atoms with van der Waals surface area (Å²) in [7, 11) is 0.